The predicted molar refractivity (Wildman–Crippen MR) is 81.1 cm³/mol. The Labute approximate surface area is 122 Å². The monoisotopic (exact) mass is 281 g/mol. The van der Waals surface area contributed by atoms with E-state index in [9.17, 15) is 5.11 Å². The van der Waals surface area contributed by atoms with Crippen LogP contribution in [0.3, 0.4) is 0 Å². The van der Waals surface area contributed by atoms with Crippen LogP contribution in [0.15, 0.2) is 18.2 Å². The number of ether oxygens (including phenoxy) is 2. The Bertz CT molecular complexity index is 393. The van der Waals surface area contributed by atoms with Crippen molar-refractivity contribution in [2.45, 2.75) is 33.4 Å². The lowest BCUT2D eigenvalue weighted by molar-refractivity contribution is 0.112. The summed E-state index contributed by atoms with van der Waals surface area (Å²) in [5.41, 5.74) is 2.02. The molecule has 0 radical (unpaired) electrons. The maximum absolute atomic E-state index is 9.70. The molecule has 1 N–H and O–H groups in total. The molecule has 4 heteroatoms. The molecule has 0 aliphatic rings. The summed E-state index contributed by atoms with van der Waals surface area (Å²) in [4.78, 5) is 2.30. The normalized spacial score (nSPS) is 12.7. The summed E-state index contributed by atoms with van der Waals surface area (Å²) in [5, 5.41) is 9.70. The average molecular weight is 281 g/mol. The maximum atomic E-state index is 9.70. The first kappa shape index (κ1) is 17.0. The van der Waals surface area contributed by atoms with E-state index in [-0.39, 0.29) is 0 Å². The fraction of sp³-hybridized carbons (Fsp3) is 0.625. The lowest BCUT2D eigenvalue weighted by atomic mass is 10.1. The highest BCUT2D eigenvalue weighted by molar-refractivity contribution is 5.38. The van der Waals surface area contributed by atoms with Crippen molar-refractivity contribution in [2.75, 3.05) is 33.4 Å². The number of methoxy groups -OCH3 is 1. The van der Waals surface area contributed by atoms with Crippen molar-refractivity contribution in [1.29, 1.82) is 0 Å². The van der Waals surface area contributed by atoms with E-state index in [2.05, 4.69) is 11.8 Å². The van der Waals surface area contributed by atoms with Gasteiger partial charge in [-0.2, -0.15) is 0 Å². The van der Waals surface area contributed by atoms with Crippen molar-refractivity contribution in [3.8, 4) is 5.75 Å². The van der Waals surface area contributed by atoms with Crippen LogP contribution in [-0.4, -0.2) is 43.4 Å². The van der Waals surface area contributed by atoms with Gasteiger partial charge in [-0.3, -0.25) is 4.90 Å². The Balaban J connectivity index is 2.78. The lowest BCUT2D eigenvalue weighted by Gasteiger charge is -2.22. The summed E-state index contributed by atoms with van der Waals surface area (Å²) in [6, 6.07) is 5.85. The first-order chi connectivity index (χ1) is 9.62. The first-order valence-electron chi connectivity index (χ1n) is 7.27. The molecule has 4 nitrogen and oxygen atoms in total. The predicted octanol–water partition coefficient (Wildman–Crippen LogP) is 2.61. The summed E-state index contributed by atoms with van der Waals surface area (Å²) in [5.74, 6) is 0.865. The fourth-order valence-electron chi connectivity index (χ4n) is 2.11. The summed E-state index contributed by atoms with van der Waals surface area (Å²) in [6.07, 6.45) is -0.460. The topological polar surface area (TPSA) is 41.9 Å². The molecule has 0 spiro atoms. The summed E-state index contributed by atoms with van der Waals surface area (Å²) in [6.45, 7) is 10.1. The Morgan fingerprint density at radius 2 is 2.05 bits per heavy atom. The number of hydrogen-bond donors (Lipinski definition) is 1. The molecule has 1 aromatic rings. The van der Waals surface area contributed by atoms with Crippen LogP contribution < -0.4 is 4.74 Å². The Morgan fingerprint density at radius 1 is 1.30 bits per heavy atom. The van der Waals surface area contributed by atoms with Gasteiger partial charge in [-0.05, 0) is 38.1 Å². The van der Waals surface area contributed by atoms with Crippen LogP contribution in [0.5, 0.6) is 5.75 Å². The Morgan fingerprint density at radius 3 is 2.60 bits per heavy atom. The van der Waals surface area contributed by atoms with Gasteiger partial charge >= 0.3 is 0 Å². The number of aliphatic hydroxyl groups excluding tert-OH is 1. The third-order valence-electron chi connectivity index (χ3n) is 3.38. The lowest BCUT2D eigenvalue weighted by Crippen LogP contribution is -2.27. The molecule has 1 atom stereocenters. The van der Waals surface area contributed by atoms with Crippen molar-refractivity contribution >= 4 is 0 Å². The van der Waals surface area contributed by atoms with Crippen molar-refractivity contribution in [2.24, 2.45) is 0 Å². The second-order valence-electron chi connectivity index (χ2n) is 4.81. The van der Waals surface area contributed by atoms with Crippen LogP contribution in [0.25, 0.3) is 0 Å². The zero-order valence-electron chi connectivity index (χ0n) is 13.1. The van der Waals surface area contributed by atoms with Crippen LogP contribution in [0, 0.1) is 0 Å². The third-order valence-corrected chi connectivity index (χ3v) is 3.38. The second-order valence-corrected chi connectivity index (χ2v) is 4.81. The molecule has 0 saturated heterocycles. The van der Waals surface area contributed by atoms with Crippen molar-refractivity contribution in [3.63, 3.8) is 0 Å². The highest BCUT2D eigenvalue weighted by atomic mass is 16.5. The van der Waals surface area contributed by atoms with Crippen LogP contribution in [0.2, 0.25) is 0 Å². The van der Waals surface area contributed by atoms with Gasteiger partial charge in [0, 0.05) is 25.3 Å². The van der Waals surface area contributed by atoms with E-state index < -0.39 is 6.10 Å². The molecule has 0 fully saturated rings. The number of likely N-dealkylation sites (N-methyl/N-ethyl adjacent to an activating group) is 1. The van der Waals surface area contributed by atoms with Gasteiger partial charge in [-0.1, -0.05) is 13.0 Å². The first-order valence-corrected chi connectivity index (χ1v) is 7.27. The van der Waals surface area contributed by atoms with Gasteiger partial charge < -0.3 is 14.6 Å². The van der Waals surface area contributed by atoms with E-state index in [1.54, 1.807) is 14.0 Å². The standard InChI is InChI=1S/C16H27NO3/c1-5-17(9-10-20-6-2)12-15-11-14(13(3)18)7-8-16(15)19-4/h7-8,11,13,18H,5-6,9-10,12H2,1-4H3. The van der Waals surface area contributed by atoms with E-state index in [1.165, 1.54) is 0 Å². The van der Waals surface area contributed by atoms with E-state index in [0.29, 0.717) is 0 Å². The Hall–Kier alpha value is -1.10. The van der Waals surface area contributed by atoms with Crippen LogP contribution in [-0.2, 0) is 11.3 Å². The SMILES string of the molecule is CCOCCN(CC)Cc1cc(C(C)O)ccc1OC. The number of aliphatic hydroxyl groups is 1. The number of rotatable bonds is 9. The summed E-state index contributed by atoms with van der Waals surface area (Å²) < 4.78 is 10.8. The number of nitrogens with zero attached hydrogens (tertiary/aromatic N) is 1. The number of benzene rings is 1. The van der Waals surface area contributed by atoms with E-state index in [1.807, 2.05) is 25.1 Å². The average Bonchev–Trinajstić information content (AvgIpc) is 2.46. The van der Waals surface area contributed by atoms with E-state index >= 15 is 0 Å². The Kier molecular flexibility index (Phi) is 7.59. The highest BCUT2D eigenvalue weighted by Crippen LogP contribution is 2.24. The molecule has 0 saturated carbocycles. The zero-order chi connectivity index (χ0) is 15.0. The number of hydrogen-bond acceptors (Lipinski definition) is 4. The molecule has 1 aromatic carbocycles. The van der Waals surface area contributed by atoms with E-state index in [0.717, 1.165) is 49.7 Å². The minimum absolute atomic E-state index is 0.460. The molecule has 1 rings (SSSR count). The minimum atomic E-state index is -0.460. The largest absolute Gasteiger partial charge is 0.496 e. The molecule has 0 bridgehead atoms. The van der Waals surface area contributed by atoms with Gasteiger partial charge in [0.2, 0.25) is 0 Å². The molecule has 0 amide bonds. The van der Waals surface area contributed by atoms with Gasteiger partial charge in [0.15, 0.2) is 0 Å². The van der Waals surface area contributed by atoms with Gasteiger partial charge in [0.25, 0.3) is 0 Å². The van der Waals surface area contributed by atoms with Crippen molar-refractivity contribution in [1.82, 2.24) is 4.90 Å². The molecule has 20 heavy (non-hydrogen) atoms. The van der Waals surface area contributed by atoms with Gasteiger partial charge in [-0.15, -0.1) is 0 Å². The fourth-order valence-corrected chi connectivity index (χ4v) is 2.11. The van der Waals surface area contributed by atoms with E-state index in [4.69, 9.17) is 9.47 Å². The smallest absolute Gasteiger partial charge is 0.123 e. The maximum Gasteiger partial charge on any atom is 0.123 e. The van der Waals surface area contributed by atoms with Gasteiger partial charge in [-0.25, -0.2) is 0 Å². The molecule has 114 valence electrons. The minimum Gasteiger partial charge on any atom is -0.496 e. The molecule has 0 aliphatic heterocycles. The third kappa shape index (κ3) is 5.12. The van der Waals surface area contributed by atoms with Crippen molar-refractivity contribution in [3.05, 3.63) is 29.3 Å². The van der Waals surface area contributed by atoms with Gasteiger partial charge in [0.05, 0.1) is 19.8 Å². The molecular formula is C16H27NO3. The zero-order valence-corrected chi connectivity index (χ0v) is 13.1. The van der Waals surface area contributed by atoms with Crippen LogP contribution in [0.1, 0.15) is 38.0 Å². The van der Waals surface area contributed by atoms with Gasteiger partial charge in [0.1, 0.15) is 5.75 Å². The molecule has 0 aromatic heterocycles. The summed E-state index contributed by atoms with van der Waals surface area (Å²) >= 11 is 0. The highest BCUT2D eigenvalue weighted by Gasteiger charge is 2.11. The summed E-state index contributed by atoms with van der Waals surface area (Å²) in [7, 11) is 1.68. The second kappa shape index (κ2) is 8.95. The quantitative estimate of drug-likeness (QED) is 0.707. The van der Waals surface area contributed by atoms with Crippen LogP contribution in [0.4, 0.5) is 0 Å². The molecular weight excluding hydrogens is 254 g/mol. The molecule has 0 aliphatic carbocycles. The van der Waals surface area contributed by atoms with Crippen LogP contribution >= 0.6 is 0 Å². The molecule has 0 heterocycles. The van der Waals surface area contributed by atoms with Crippen molar-refractivity contribution < 1.29 is 14.6 Å². The molecule has 1 unspecified atom stereocenters.